The number of nitrogens with two attached hydrogens (primary N) is 1. The Balaban J connectivity index is 1.79. The van der Waals surface area contributed by atoms with Gasteiger partial charge in [-0.05, 0) is 13.3 Å². The average molecular weight is 367 g/mol. The maximum absolute atomic E-state index is 14.8. The van der Waals surface area contributed by atoms with Gasteiger partial charge < -0.3 is 19.9 Å². The summed E-state index contributed by atoms with van der Waals surface area (Å²) < 4.78 is 32.3. The smallest absolute Gasteiger partial charge is 0.308 e. The van der Waals surface area contributed by atoms with Gasteiger partial charge in [0.2, 0.25) is 17.7 Å². The molecule has 0 amide bonds. The number of hydrogen-bond acceptors (Lipinski definition) is 8. The lowest BCUT2D eigenvalue weighted by Gasteiger charge is -2.21. The van der Waals surface area contributed by atoms with E-state index in [1.165, 1.54) is 6.33 Å². The monoisotopic (exact) mass is 367 g/mol. The first-order valence-electron chi connectivity index (χ1n) is 8.49. The van der Waals surface area contributed by atoms with E-state index in [1.807, 2.05) is 6.92 Å². The van der Waals surface area contributed by atoms with Crippen molar-refractivity contribution in [3.8, 4) is 5.88 Å². The number of imidazole rings is 1. The molecule has 2 aromatic rings. The molecule has 2 N–H and O–H groups in total. The molecule has 1 fully saturated rings. The van der Waals surface area contributed by atoms with Crippen LogP contribution in [0.3, 0.4) is 0 Å². The summed E-state index contributed by atoms with van der Waals surface area (Å²) in [4.78, 5) is 24.0. The van der Waals surface area contributed by atoms with Gasteiger partial charge in [0, 0.05) is 6.42 Å². The van der Waals surface area contributed by atoms with E-state index in [9.17, 15) is 9.18 Å². The van der Waals surface area contributed by atoms with E-state index < -0.39 is 24.7 Å². The summed E-state index contributed by atoms with van der Waals surface area (Å²) in [5.74, 6) is -2.55. The Morgan fingerprint density at radius 3 is 3.00 bits per heavy atom. The zero-order valence-corrected chi connectivity index (χ0v) is 14.9. The summed E-state index contributed by atoms with van der Waals surface area (Å²) in [5.41, 5.74) is 6.55. The van der Waals surface area contributed by atoms with E-state index in [0.29, 0.717) is 24.2 Å². The second kappa shape index (κ2) is 7.02. The minimum atomic E-state index is -2.05. The Morgan fingerprint density at radius 1 is 1.54 bits per heavy atom. The second-order valence-electron chi connectivity index (χ2n) is 6.40. The molecule has 0 radical (unpaired) electrons. The number of alkyl halides is 1. The number of anilines is 1. The largest absolute Gasteiger partial charge is 0.476 e. The number of nitrogen functional groups attached to an aromatic ring is 1. The first kappa shape index (κ1) is 18.3. The molecule has 9 nitrogen and oxygen atoms in total. The van der Waals surface area contributed by atoms with Crippen LogP contribution in [0, 0.1) is 5.92 Å². The van der Waals surface area contributed by atoms with Crippen LogP contribution >= 0.6 is 0 Å². The van der Waals surface area contributed by atoms with Gasteiger partial charge >= 0.3 is 5.97 Å². The Hall–Kier alpha value is -2.49. The van der Waals surface area contributed by atoms with Crippen LogP contribution in [0.1, 0.15) is 39.8 Å². The summed E-state index contributed by atoms with van der Waals surface area (Å²) in [7, 11) is 0. The van der Waals surface area contributed by atoms with Crippen molar-refractivity contribution in [2.75, 3.05) is 18.9 Å². The summed E-state index contributed by atoms with van der Waals surface area (Å²) in [6, 6.07) is 0. The molecule has 0 bridgehead atoms. The highest BCUT2D eigenvalue weighted by Crippen LogP contribution is 2.39. The second-order valence-corrected chi connectivity index (χ2v) is 6.40. The highest BCUT2D eigenvalue weighted by molar-refractivity contribution is 5.77. The fourth-order valence-corrected chi connectivity index (χ4v) is 2.70. The number of ether oxygens (including phenoxy) is 3. The van der Waals surface area contributed by atoms with Crippen molar-refractivity contribution in [2.45, 2.75) is 45.7 Å². The van der Waals surface area contributed by atoms with Crippen molar-refractivity contribution in [3.63, 3.8) is 0 Å². The van der Waals surface area contributed by atoms with Gasteiger partial charge in [0.1, 0.15) is 6.23 Å². The molecular formula is C16H22FN5O4. The number of hydrogen-bond donors (Lipinski definition) is 1. The van der Waals surface area contributed by atoms with Crippen LogP contribution in [-0.4, -0.2) is 44.6 Å². The molecule has 3 heterocycles. The normalized spacial score (nSPS) is 22.9. The van der Waals surface area contributed by atoms with Gasteiger partial charge in [-0.15, -0.1) is 0 Å². The van der Waals surface area contributed by atoms with Crippen molar-refractivity contribution in [2.24, 2.45) is 5.92 Å². The van der Waals surface area contributed by atoms with Crippen molar-refractivity contribution in [1.82, 2.24) is 19.5 Å². The van der Waals surface area contributed by atoms with Crippen LogP contribution in [0.2, 0.25) is 0 Å². The highest BCUT2D eigenvalue weighted by atomic mass is 19.2. The fourth-order valence-electron chi connectivity index (χ4n) is 2.70. The number of carbonyl (C=O) groups is 1. The van der Waals surface area contributed by atoms with E-state index in [0.717, 1.165) is 0 Å². The molecular weight excluding hydrogens is 345 g/mol. The fraction of sp³-hybridized carbons (Fsp3) is 0.625. The molecule has 1 aliphatic heterocycles. The van der Waals surface area contributed by atoms with Crippen LogP contribution in [0.25, 0.3) is 11.2 Å². The number of aromatic nitrogens is 4. The van der Waals surface area contributed by atoms with E-state index >= 15 is 0 Å². The maximum Gasteiger partial charge on any atom is 0.308 e. The molecule has 2 atom stereocenters. The van der Waals surface area contributed by atoms with Crippen molar-refractivity contribution in [3.05, 3.63) is 6.33 Å². The quantitative estimate of drug-likeness (QED) is 0.771. The van der Waals surface area contributed by atoms with Gasteiger partial charge in [0.25, 0.3) is 0 Å². The molecule has 0 aromatic carbocycles. The molecule has 10 heteroatoms. The van der Waals surface area contributed by atoms with E-state index in [4.69, 9.17) is 19.9 Å². The molecule has 0 saturated carbocycles. The molecule has 26 heavy (non-hydrogen) atoms. The van der Waals surface area contributed by atoms with E-state index in [-0.39, 0.29) is 24.2 Å². The lowest BCUT2D eigenvalue weighted by atomic mass is 10.2. The third kappa shape index (κ3) is 3.55. The number of carbonyl (C=O) groups excluding carboxylic acids is 1. The van der Waals surface area contributed by atoms with Gasteiger partial charge in [-0.1, -0.05) is 13.8 Å². The van der Waals surface area contributed by atoms with E-state index in [1.54, 1.807) is 18.4 Å². The number of halogens is 1. The summed E-state index contributed by atoms with van der Waals surface area (Å²) in [5, 5.41) is 0. The van der Waals surface area contributed by atoms with Crippen LogP contribution in [0.15, 0.2) is 6.33 Å². The SMILES string of the molecule is CCOc1nc(N)nc2c1ncn2[C@H]1CC[C@@](F)(COC(=O)C(C)C)O1. The van der Waals surface area contributed by atoms with Gasteiger partial charge in [0.05, 0.1) is 18.9 Å². The highest BCUT2D eigenvalue weighted by Gasteiger charge is 2.43. The van der Waals surface area contributed by atoms with Gasteiger partial charge in [-0.3, -0.25) is 9.36 Å². The molecule has 142 valence electrons. The standard InChI is InChI=1S/C16H22FN5O4/c1-4-24-13-11-12(20-15(18)21-13)22(8-19-11)10-5-6-16(17,26-10)7-25-14(23)9(2)3/h8-10H,4-7H2,1-3H3,(H2,18,20,21)/t10-,16+/m1/s1. The van der Waals surface area contributed by atoms with Crippen LogP contribution in [0.4, 0.5) is 10.3 Å². The van der Waals surface area contributed by atoms with Gasteiger partial charge in [-0.2, -0.15) is 9.97 Å². The number of nitrogens with zero attached hydrogens (tertiary/aromatic N) is 4. The molecule has 3 rings (SSSR count). The minimum Gasteiger partial charge on any atom is -0.476 e. The van der Waals surface area contributed by atoms with Crippen LogP contribution in [0.5, 0.6) is 5.88 Å². The molecule has 2 aromatic heterocycles. The van der Waals surface area contributed by atoms with Crippen molar-refractivity contribution < 1.29 is 23.4 Å². The number of rotatable bonds is 6. The molecule has 0 unspecified atom stereocenters. The molecule has 1 saturated heterocycles. The predicted octanol–water partition coefficient (Wildman–Crippen LogP) is 1.98. The number of fused-ring (bicyclic) bond motifs is 1. The lowest BCUT2D eigenvalue weighted by molar-refractivity contribution is -0.194. The Kier molecular flexibility index (Phi) is 4.94. The van der Waals surface area contributed by atoms with E-state index in [2.05, 4.69) is 15.0 Å². The molecule has 1 aliphatic rings. The molecule has 0 spiro atoms. The Labute approximate surface area is 149 Å². The maximum atomic E-state index is 14.8. The Bertz CT molecular complexity index is 811. The van der Waals surface area contributed by atoms with Gasteiger partial charge in [-0.25, -0.2) is 9.37 Å². The van der Waals surface area contributed by atoms with Gasteiger partial charge in [0.15, 0.2) is 17.8 Å². The minimum absolute atomic E-state index is 0.0260. The number of esters is 1. The lowest BCUT2D eigenvalue weighted by Crippen LogP contribution is -2.31. The van der Waals surface area contributed by atoms with Crippen LogP contribution in [-0.2, 0) is 14.3 Å². The zero-order valence-electron chi connectivity index (χ0n) is 14.9. The third-order valence-electron chi connectivity index (χ3n) is 4.01. The third-order valence-corrected chi connectivity index (χ3v) is 4.01. The van der Waals surface area contributed by atoms with Crippen molar-refractivity contribution >= 4 is 23.1 Å². The molecule has 0 aliphatic carbocycles. The first-order chi connectivity index (χ1) is 12.3. The van der Waals surface area contributed by atoms with Crippen molar-refractivity contribution in [1.29, 1.82) is 0 Å². The topological polar surface area (TPSA) is 114 Å². The zero-order chi connectivity index (χ0) is 18.9. The summed E-state index contributed by atoms with van der Waals surface area (Å²) in [6.07, 6.45) is 1.29. The average Bonchev–Trinajstić information content (AvgIpc) is 3.17. The first-order valence-corrected chi connectivity index (χ1v) is 8.49. The summed E-state index contributed by atoms with van der Waals surface area (Å²) >= 11 is 0. The summed E-state index contributed by atoms with van der Waals surface area (Å²) in [6.45, 7) is 5.13. The Morgan fingerprint density at radius 2 is 2.31 bits per heavy atom. The van der Waals surface area contributed by atoms with Crippen LogP contribution < -0.4 is 10.5 Å². The predicted molar refractivity (Wildman–Crippen MR) is 89.9 cm³/mol.